The molecule has 1 unspecified atom stereocenters. The number of hydrogen-bond acceptors (Lipinski definition) is 1. The van der Waals surface area contributed by atoms with Gasteiger partial charge in [-0.05, 0) is 91.9 Å². The monoisotopic (exact) mass is 750 g/mol. The number of fused-ring (bicyclic) bond motifs is 4. The number of hydrogen-bond donors (Lipinski definition) is 0. The Bertz CT molecular complexity index is 3020. The van der Waals surface area contributed by atoms with Crippen LogP contribution in [0.1, 0.15) is 22.8 Å². The van der Waals surface area contributed by atoms with Crippen LogP contribution in [-0.4, -0.2) is 0 Å². The fraction of sp³-hybridized carbons (Fsp3) is 0.0545. The normalized spacial score (nSPS) is 15.3. The molecule has 0 spiro atoms. The Labute approximate surface area is 333 Å². The lowest BCUT2D eigenvalue weighted by Crippen LogP contribution is -2.43. The van der Waals surface area contributed by atoms with Crippen molar-refractivity contribution in [2.45, 2.75) is 42.8 Å². The van der Waals surface area contributed by atoms with Crippen molar-refractivity contribution in [3.05, 3.63) is 236 Å². The van der Waals surface area contributed by atoms with Gasteiger partial charge in [0.25, 0.3) is 0 Å². The fourth-order valence-electron chi connectivity index (χ4n) is 11.2. The van der Waals surface area contributed by atoms with Crippen LogP contribution in [0.4, 0.5) is 0 Å². The zero-order valence-corrected chi connectivity index (χ0v) is 32.5. The molecule has 1 nitrogen and oxygen atoms in total. The number of furan rings is 1. The van der Waals surface area contributed by atoms with Crippen LogP contribution < -0.4 is 0 Å². The van der Waals surface area contributed by atoms with Crippen molar-refractivity contribution in [1.29, 1.82) is 0 Å². The molecule has 0 fully saturated rings. The van der Waals surface area contributed by atoms with Gasteiger partial charge in [-0.15, -0.1) is 8.29 Å². The van der Waals surface area contributed by atoms with E-state index >= 15 is 0 Å². The average Bonchev–Trinajstić information content (AvgIpc) is 3.95. The van der Waals surface area contributed by atoms with Gasteiger partial charge in [-0.25, -0.2) is 0 Å². The first kappa shape index (κ1) is 33.7. The first-order valence-corrected chi connectivity index (χ1v) is 22.5. The minimum Gasteiger partial charge on any atom is -0.452 e. The molecular weight excluding hydrogens is 709 g/mol. The van der Waals surface area contributed by atoms with Gasteiger partial charge in [0.05, 0.1) is 0 Å². The minimum absolute atomic E-state index is 0.0781. The third-order valence-corrected chi connectivity index (χ3v) is 22.3. The van der Waals surface area contributed by atoms with Crippen molar-refractivity contribution in [2.24, 2.45) is 0 Å². The van der Waals surface area contributed by atoms with Gasteiger partial charge < -0.3 is 4.42 Å². The Morgan fingerprint density at radius 2 is 0.947 bits per heavy atom. The van der Waals surface area contributed by atoms with E-state index in [1.807, 2.05) is 0 Å². The summed E-state index contributed by atoms with van der Waals surface area (Å²) in [5.74, 6) is 0. The van der Waals surface area contributed by atoms with Gasteiger partial charge in [0.2, 0.25) is 0 Å². The molecule has 1 heterocycles. The standard InChI is InChI=1S/C55H42OS/c1-3-19-40(20-4-1)46-32-14-16-34-51(46)57(45-27-5-2-6-28-45,54-38-37-43-23-9-13-31-49(43)54,55-39-44-24-10-15-33-50(44)56-55,52-35-17-25-41-21-7-11-29-47(41)52)53-36-18-26-42-22-8-12-30-48(42)53/h1-36,39,54H,37-38H2. The van der Waals surface area contributed by atoms with E-state index in [-0.39, 0.29) is 5.25 Å². The Morgan fingerprint density at radius 3 is 1.65 bits per heavy atom. The minimum atomic E-state index is -5.01. The third kappa shape index (κ3) is 4.06. The van der Waals surface area contributed by atoms with E-state index < -0.39 is 8.29 Å². The first-order valence-electron chi connectivity index (χ1n) is 20.0. The summed E-state index contributed by atoms with van der Waals surface area (Å²) in [7, 11) is -5.01. The van der Waals surface area contributed by atoms with Gasteiger partial charge >= 0.3 is 0 Å². The maximum atomic E-state index is 7.93. The smallest absolute Gasteiger partial charge is 0.146 e. The molecule has 9 aromatic carbocycles. The third-order valence-electron chi connectivity index (χ3n) is 13.2. The molecule has 10 aromatic rings. The predicted octanol–water partition coefficient (Wildman–Crippen LogP) is 15.6. The second-order valence-electron chi connectivity index (χ2n) is 15.6. The zero-order valence-electron chi connectivity index (χ0n) is 31.7. The fourth-order valence-corrected chi connectivity index (χ4v) is 21.7. The maximum absolute atomic E-state index is 7.93. The molecule has 0 saturated heterocycles. The van der Waals surface area contributed by atoms with Gasteiger partial charge in [0.1, 0.15) is 10.7 Å². The maximum Gasteiger partial charge on any atom is 0.146 e. The summed E-state index contributed by atoms with van der Waals surface area (Å²) in [5, 5.41) is 6.88. The van der Waals surface area contributed by atoms with Crippen molar-refractivity contribution in [3.8, 4) is 11.1 Å². The Hall–Kier alpha value is -6.61. The molecule has 1 aliphatic rings. The molecule has 0 bridgehead atoms. The lowest BCUT2D eigenvalue weighted by Gasteiger charge is -2.82. The van der Waals surface area contributed by atoms with Gasteiger partial charge in [-0.3, -0.25) is 0 Å². The highest BCUT2D eigenvalue weighted by Gasteiger charge is 2.76. The average molecular weight is 751 g/mol. The molecular formula is C55H42OS. The highest BCUT2D eigenvalue weighted by molar-refractivity contribution is 8.65. The molecule has 0 aliphatic heterocycles. The number of para-hydroxylation sites is 1. The second-order valence-corrected chi connectivity index (χ2v) is 21.6. The summed E-state index contributed by atoms with van der Waals surface area (Å²) < 4.78 is 7.93. The van der Waals surface area contributed by atoms with Crippen molar-refractivity contribution >= 4 is 40.8 Å². The summed E-state index contributed by atoms with van der Waals surface area (Å²) in [4.78, 5) is 5.12. The van der Waals surface area contributed by atoms with Crippen LogP contribution in [0.5, 0.6) is 0 Å². The van der Waals surface area contributed by atoms with Crippen LogP contribution in [-0.2, 0) is 6.42 Å². The quantitative estimate of drug-likeness (QED) is 0.158. The number of benzene rings is 9. The first-order chi connectivity index (χ1) is 28.2. The summed E-state index contributed by atoms with van der Waals surface area (Å²) in [6.07, 6.45) is 1.87. The zero-order chi connectivity index (χ0) is 37.9. The molecule has 1 aliphatic carbocycles. The molecule has 0 amide bonds. The Balaban J connectivity index is 1.62. The summed E-state index contributed by atoms with van der Waals surface area (Å²) in [5.41, 5.74) is 6.05. The molecule has 274 valence electrons. The van der Waals surface area contributed by atoms with E-state index in [4.69, 9.17) is 4.42 Å². The topological polar surface area (TPSA) is 13.1 Å². The van der Waals surface area contributed by atoms with Crippen LogP contribution in [0.2, 0.25) is 0 Å². The van der Waals surface area contributed by atoms with Crippen LogP contribution in [0.15, 0.2) is 254 Å². The molecule has 11 rings (SSSR count). The largest absolute Gasteiger partial charge is 0.452 e. The highest BCUT2D eigenvalue weighted by atomic mass is 32.4. The van der Waals surface area contributed by atoms with Crippen LogP contribution >= 0.6 is 8.29 Å². The highest BCUT2D eigenvalue weighted by Crippen LogP contribution is 3.16. The Morgan fingerprint density at radius 1 is 0.421 bits per heavy atom. The number of rotatable bonds is 7. The van der Waals surface area contributed by atoms with E-state index in [2.05, 4.69) is 224 Å². The molecule has 57 heavy (non-hydrogen) atoms. The van der Waals surface area contributed by atoms with Crippen molar-refractivity contribution < 1.29 is 4.42 Å². The van der Waals surface area contributed by atoms with Crippen molar-refractivity contribution in [2.75, 3.05) is 0 Å². The van der Waals surface area contributed by atoms with Gasteiger partial charge in [-0.1, -0.05) is 194 Å². The Kier molecular flexibility index (Phi) is 7.36. The second kappa shape index (κ2) is 12.4. The van der Waals surface area contributed by atoms with E-state index in [1.54, 1.807) is 0 Å². The molecule has 0 N–H and O–H groups in total. The summed E-state index contributed by atoms with van der Waals surface area (Å²) in [6, 6.07) is 84.6. The van der Waals surface area contributed by atoms with Crippen LogP contribution in [0.3, 0.4) is 0 Å². The molecule has 0 saturated carbocycles. The summed E-state index contributed by atoms with van der Waals surface area (Å²) in [6.45, 7) is 0. The van der Waals surface area contributed by atoms with E-state index in [0.717, 1.165) is 28.9 Å². The molecule has 1 aromatic heterocycles. The lowest BCUT2D eigenvalue weighted by molar-refractivity contribution is 0.496. The van der Waals surface area contributed by atoms with E-state index in [1.165, 1.54) is 63.4 Å². The van der Waals surface area contributed by atoms with Crippen molar-refractivity contribution in [1.82, 2.24) is 0 Å². The van der Waals surface area contributed by atoms with Crippen LogP contribution in [0, 0.1) is 0 Å². The SMILES string of the molecule is c1ccc(-c2ccccc2S(c2ccccc2)(c2cc3ccccc3o2)(c2cccc3ccccc23)(c2cccc3ccccc23)C2CCc3ccccc32)cc1. The van der Waals surface area contributed by atoms with E-state index in [9.17, 15) is 0 Å². The van der Waals surface area contributed by atoms with Gasteiger partial charge in [-0.2, -0.15) is 0 Å². The lowest BCUT2D eigenvalue weighted by atomic mass is 10.1. The molecule has 2 heteroatoms. The van der Waals surface area contributed by atoms with E-state index in [0.29, 0.717) is 0 Å². The van der Waals surface area contributed by atoms with Crippen LogP contribution in [0.25, 0.3) is 43.6 Å². The number of aryl methyl sites for hydroxylation is 1. The van der Waals surface area contributed by atoms with Crippen molar-refractivity contribution in [3.63, 3.8) is 0 Å². The predicted molar refractivity (Wildman–Crippen MR) is 239 cm³/mol. The molecule has 1 atom stereocenters. The van der Waals surface area contributed by atoms with Gasteiger partial charge in [0, 0.05) is 25.3 Å². The van der Waals surface area contributed by atoms with Gasteiger partial charge in [0.15, 0.2) is 0 Å². The molecule has 0 radical (unpaired) electrons. The summed E-state index contributed by atoms with van der Waals surface area (Å²) >= 11 is 0.